The van der Waals surface area contributed by atoms with Gasteiger partial charge in [0, 0.05) is 0 Å². The summed E-state index contributed by atoms with van der Waals surface area (Å²) in [6, 6.07) is 0. The third kappa shape index (κ3) is 4.44. The fraction of sp³-hybridized carbons (Fsp3) is 0.500. The van der Waals surface area contributed by atoms with Gasteiger partial charge in [-0.1, -0.05) is 19.1 Å². The van der Waals surface area contributed by atoms with Crippen LogP contribution in [0.4, 0.5) is 0 Å². The van der Waals surface area contributed by atoms with E-state index in [-0.39, 0.29) is 5.70 Å². The minimum Gasteiger partial charge on any atom is -0.387 e. The van der Waals surface area contributed by atoms with Crippen LogP contribution in [-0.4, -0.2) is 11.2 Å². The van der Waals surface area contributed by atoms with E-state index in [1.807, 2.05) is 13.0 Å². The number of aliphatic hydroxyl groups excluding tert-OH is 1. The predicted octanol–water partition coefficient (Wildman–Crippen LogP) is 1.98. The van der Waals surface area contributed by atoms with E-state index < -0.39 is 6.10 Å². The lowest BCUT2D eigenvalue weighted by atomic mass is 10.2. The summed E-state index contributed by atoms with van der Waals surface area (Å²) in [5.74, 6) is 0. The normalized spacial score (nSPS) is 15.4. The average molecular weight is 155 g/mol. The topological polar surface area (TPSA) is 49.7 Å². The van der Waals surface area contributed by atoms with Gasteiger partial charge in [-0.3, -0.25) is 0 Å². The van der Waals surface area contributed by atoms with E-state index in [2.05, 4.69) is 5.18 Å². The molecule has 0 aromatic rings. The van der Waals surface area contributed by atoms with Gasteiger partial charge in [-0.05, 0) is 24.6 Å². The second-order valence-corrected chi connectivity index (χ2v) is 2.20. The molecule has 0 rings (SSSR count). The minimum atomic E-state index is -0.783. The van der Waals surface area contributed by atoms with Crippen LogP contribution in [0.1, 0.15) is 20.3 Å². The van der Waals surface area contributed by atoms with Crippen LogP contribution in [0.25, 0.3) is 0 Å². The highest BCUT2D eigenvalue weighted by Gasteiger charge is 2.01. The van der Waals surface area contributed by atoms with Crippen molar-refractivity contribution in [1.82, 2.24) is 0 Å². The van der Waals surface area contributed by atoms with E-state index in [9.17, 15) is 4.91 Å². The summed E-state index contributed by atoms with van der Waals surface area (Å²) in [4.78, 5) is 10.0. The van der Waals surface area contributed by atoms with Gasteiger partial charge in [0.25, 0.3) is 0 Å². The summed E-state index contributed by atoms with van der Waals surface area (Å²) in [5, 5.41) is 11.6. The lowest BCUT2D eigenvalue weighted by Crippen LogP contribution is -2.00. The molecule has 3 nitrogen and oxygen atoms in total. The molecule has 62 valence electrons. The van der Waals surface area contributed by atoms with E-state index in [4.69, 9.17) is 5.11 Å². The molecule has 3 heteroatoms. The molecular weight excluding hydrogens is 142 g/mol. The molecule has 1 N–H and O–H groups in total. The smallest absolute Gasteiger partial charge is 0.113 e. The summed E-state index contributed by atoms with van der Waals surface area (Å²) in [6.07, 6.45) is 5.23. The summed E-state index contributed by atoms with van der Waals surface area (Å²) < 4.78 is 0. The molecule has 0 saturated carbocycles. The second kappa shape index (κ2) is 5.80. The van der Waals surface area contributed by atoms with E-state index >= 15 is 0 Å². The highest BCUT2D eigenvalue weighted by Crippen LogP contribution is 2.02. The zero-order valence-corrected chi connectivity index (χ0v) is 6.82. The molecule has 0 amide bonds. The zero-order valence-electron chi connectivity index (χ0n) is 6.82. The predicted molar refractivity (Wildman–Crippen MR) is 45.0 cm³/mol. The number of aliphatic hydroxyl groups is 1. The van der Waals surface area contributed by atoms with Gasteiger partial charge in [-0.25, -0.2) is 0 Å². The van der Waals surface area contributed by atoms with Crippen molar-refractivity contribution in [2.75, 3.05) is 0 Å². The molecule has 0 bridgehead atoms. The first kappa shape index (κ1) is 10.0. The third-order valence-corrected chi connectivity index (χ3v) is 1.17. The average Bonchev–Trinajstić information content (AvgIpc) is 1.97. The zero-order chi connectivity index (χ0) is 8.69. The fourth-order valence-electron chi connectivity index (χ4n) is 0.549. The van der Waals surface area contributed by atoms with Crippen molar-refractivity contribution in [2.24, 2.45) is 5.18 Å². The van der Waals surface area contributed by atoms with Gasteiger partial charge in [-0.2, -0.15) is 0 Å². The summed E-state index contributed by atoms with van der Waals surface area (Å²) in [7, 11) is 0. The summed E-state index contributed by atoms with van der Waals surface area (Å²) >= 11 is 0. The molecule has 0 fully saturated rings. The number of hydrogen-bond donors (Lipinski definition) is 1. The molecular formula is C8H13NO2. The SMILES string of the molecule is CC/C=C\C=C(\N=O)C(C)O. The highest BCUT2D eigenvalue weighted by atomic mass is 16.3. The standard InChI is InChI=1S/C8H13NO2/c1-3-4-5-6-8(9-11)7(2)10/h4-7,10H,3H2,1-2H3/b5-4-,8-6+. The minimum absolute atomic E-state index is 0.162. The Labute approximate surface area is 66.4 Å². The maximum Gasteiger partial charge on any atom is 0.113 e. The molecule has 0 radical (unpaired) electrons. The number of nitroso groups, excluding NO2 is 1. The van der Waals surface area contributed by atoms with Crippen LogP contribution in [0.2, 0.25) is 0 Å². The quantitative estimate of drug-likeness (QED) is 0.498. The van der Waals surface area contributed by atoms with E-state index in [0.29, 0.717) is 0 Å². The van der Waals surface area contributed by atoms with Crippen LogP contribution in [-0.2, 0) is 0 Å². The van der Waals surface area contributed by atoms with E-state index in [0.717, 1.165) is 6.42 Å². The van der Waals surface area contributed by atoms with Gasteiger partial charge in [0.1, 0.15) is 5.70 Å². The molecule has 0 heterocycles. The number of rotatable bonds is 4. The molecule has 0 saturated heterocycles. The van der Waals surface area contributed by atoms with E-state index in [1.165, 1.54) is 13.0 Å². The molecule has 0 aliphatic rings. The lowest BCUT2D eigenvalue weighted by Gasteiger charge is -1.97. The molecule has 0 aliphatic heterocycles. The van der Waals surface area contributed by atoms with Crippen molar-refractivity contribution in [1.29, 1.82) is 0 Å². The van der Waals surface area contributed by atoms with Crippen molar-refractivity contribution in [3.05, 3.63) is 28.8 Å². The molecule has 0 aromatic heterocycles. The molecule has 11 heavy (non-hydrogen) atoms. The van der Waals surface area contributed by atoms with Crippen molar-refractivity contribution in [3.8, 4) is 0 Å². The van der Waals surface area contributed by atoms with Crippen LogP contribution < -0.4 is 0 Å². The Bertz CT molecular complexity index is 171. The lowest BCUT2D eigenvalue weighted by molar-refractivity contribution is 0.230. The Hall–Kier alpha value is -0.960. The van der Waals surface area contributed by atoms with Crippen molar-refractivity contribution in [3.63, 3.8) is 0 Å². The molecule has 1 atom stereocenters. The first-order chi connectivity index (χ1) is 5.22. The van der Waals surface area contributed by atoms with Gasteiger partial charge in [0.15, 0.2) is 0 Å². The fourth-order valence-corrected chi connectivity index (χ4v) is 0.549. The molecule has 1 unspecified atom stereocenters. The van der Waals surface area contributed by atoms with E-state index in [1.54, 1.807) is 6.08 Å². The van der Waals surface area contributed by atoms with Crippen LogP contribution in [0, 0.1) is 4.91 Å². The van der Waals surface area contributed by atoms with Gasteiger partial charge in [-0.15, -0.1) is 4.91 Å². The number of nitrogens with zero attached hydrogens (tertiary/aromatic N) is 1. The van der Waals surface area contributed by atoms with Crippen LogP contribution in [0.5, 0.6) is 0 Å². The Balaban J connectivity index is 4.12. The highest BCUT2D eigenvalue weighted by molar-refractivity contribution is 5.13. The first-order valence-corrected chi connectivity index (χ1v) is 3.60. The van der Waals surface area contributed by atoms with Gasteiger partial charge in [0.2, 0.25) is 0 Å². The first-order valence-electron chi connectivity index (χ1n) is 3.60. The van der Waals surface area contributed by atoms with Crippen molar-refractivity contribution < 1.29 is 5.11 Å². The van der Waals surface area contributed by atoms with Gasteiger partial charge < -0.3 is 5.11 Å². The monoisotopic (exact) mass is 155 g/mol. The van der Waals surface area contributed by atoms with Crippen molar-refractivity contribution in [2.45, 2.75) is 26.4 Å². The molecule has 0 aliphatic carbocycles. The Morgan fingerprint density at radius 1 is 1.73 bits per heavy atom. The third-order valence-electron chi connectivity index (χ3n) is 1.17. The van der Waals surface area contributed by atoms with Gasteiger partial charge in [0.05, 0.1) is 6.10 Å². The Morgan fingerprint density at radius 3 is 2.73 bits per heavy atom. The maximum atomic E-state index is 10.0. The van der Waals surface area contributed by atoms with Crippen LogP contribution >= 0.6 is 0 Å². The van der Waals surface area contributed by atoms with Crippen LogP contribution in [0.15, 0.2) is 29.1 Å². The van der Waals surface area contributed by atoms with Crippen LogP contribution in [0.3, 0.4) is 0 Å². The maximum absolute atomic E-state index is 10.0. The molecule has 0 aromatic carbocycles. The molecule has 0 spiro atoms. The number of allylic oxidation sites excluding steroid dienone is 3. The van der Waals surface area contributed by atoms with Crippen molar-refractivity contribution >= 4 is 0 Å². The Kier molecular flexibility index (Phi) is 5.29. The summed E-state index contributed by atoms with van der Waals surface area (Å²) in [5.41, 5.74) is 0.162. The second-order valence-electron chi connectivity index (χ2n) is 2.20. The Morgan fingerprint density at radius 2 is 2.36 bits per heavy atom. The summed E-state index contributed by atoms with van der Waals surface area (Å²) in [6.45, 7) is 3.49. The largest absolute Gasteiger partial charge is 0.387 e. The van der Waals surface area contributed by atoms with Gasteiger partial charge >= 0.3 is 0 Å². The number of hydrogen-bond acceptors (Lipinski definition) is 3.